The zero-order valence-corrected chi connectivity index (χ0v) is 9.42. The lowest BCUT2D eigenvalue weighted by Gasteiger charge is -2.39. The summed E-state index contributed by atoms with van der Waals surface area (Å²) in [5, 5.41) is 0. The summed E-state index contributed by atoms with van der Waals surface area (Å²) < 4.78 is 5.92. The SMILES string of the molecule is CCCC1(CCC)CC(C=O)CCO1. The first-order chi connectivity index (χ1) is 6.76. The van der Waals surface area contributed by atoms with E-state index in [1.54, 1.807) is 0 Å². The Hall–Kier alpha value is -0.370. The van der Waals surface area contributed by atoms with Crippen LogP contribution in [0.2, 0.25) is 0 Å². The summed E-state index contributed by atoms with van der Waals surface area (Å²) >= 11 is 0. The molecular weight excluding hydrogens is 176 g/mol. The van der Waals surface area contributed by atoms with E-state index in [4.69, 9.17) is 4.74 Å². The quantitative estimate of drug-likeness (QED) is 0.635. The van der Waals surface area contributed by atoms with Gasteiger partial charge in [-0.1, -0.05) is 26.7 Å². The average Bonchev–Trinajstić information content (AvgIpc) is 2.19. The van der Waals surface area contributed by atoms with Gasteiger partial charge >= 0.3 is 0 Å². The van der Waals surface area contributed by atoms with Crippen molar-refractivity contribution < 1.29 is 9.53 Å². The molecule has 1 aliphatic rings. The second-order valence-electron chi connectivity index (χ2n) is 4.42. The van der Waals surface area contributed by atoms with Crippen molar-refractivity contribution in [1.29, 1.82) is 0 Å². The normalized spacial score (nSPS) is 26.0. The Morgan fingerprint density at radius 1 is 1.36 bits per heavy atom. The average molecular weight is 198 g/mol. The molecular formula is C12H22O2. The van der Waals surface area contributed by atoms with E-state index in [1.807, 2.05) is 0 Å². The number of aldehydes is 1. The maximum absolute atomic E-state index is 10.8. The molecule has 82 valence electrons. The van der Waals surface area contributed by atoms with Crippen molar-refractivity contribution >= 4 is 6.29 Å². The highest BCUT2D eigenvalue weighted by Gasteiger charge is 2.35. The molecule has 0 saturated carbocycles. The van der Waals surface area contributed by atoms with Crippen LogP contribution in [0.25, 0.3) is 0 Å². The molecule has 1 saturated heterocycles. The first-order valence-electron chi connectivity index (χ1n) is 5.85. The minimum absolute atomic E-state index is 0.0212. The van der Waals surface area contributed by atoms with E-state index in [0.717, 1.165) is 51.4 Å². The summed E-state index contributed by atoms with van der Waals surface area (Å²) in [7, 11) is 0. The molecule has 0 aromatic carbocycles. The molecule has 1 atom stereocenters. The van der Waals surface area contributed by atoms with Crippen LogP contribution in [0.4, 0.5) is 0 Å². The van der Waals surface area contributed by atoms with E-state index in [-0.39, 0.29) is 11.5 Å². The second-order valence-corrected chi connectivity index (χ2v) is 4.42. The van der Waals surface area contributed by atoms with E-state index in [0.29, 0.717) is 0 Å². The minimum atomic E-state index is 0.0212. The van der Waals surface area contributed by atoms with Gasteiger partial charge in [0.2, 0.25) is 0 Å². The predicted octanol–water partition coefficient (Wildman–Crippen LogP) is 2.95. The molecule has 1 aliphatic heterocycles. The third kappa shape index (κ3) is 2.81. The highest BCUT2D eigenvalue weighted by Crippen LogP contribution is 2.35. The van der Waals surface area contributed by atoms with E-state index in [1.165, 1.54) is 0 Å². The van der Waals surface area contributed by atoms with Gasteiger partial charge in [-0.25, -0.2) is 0 Å². The van der Waals surface area contributed by atoms with Gasteiger partial charge in [0.05, 0.1) is 5.60 Å². The monoisotopic (exact) mass is 198 g/mol. The van der Waals surface area contributed by atoms with Crippen molar-refractivity contribution in [3.8, 4) is 0 Å². The molecule has 0 bridgehead atoms. The van der Waals surface area contributed by atoms with Crippen LogP contribution in [0.5, 0.6) is 0 Å². The Bertz CT molecular complexity index is 166. The maximum Gasteiger partial charge on any atom is 0.123 e. The van der Waals surface area contributed by atoms with Crippen LogP contribution < -0.4 is 0 Å². The third-order valence-electron chi connectivity index (χ3n) is 3.13. The van der Waals surface area contributed by atoms with E-state index in [9.17, 15) is 4.79 Å². The zero-order chi connectivity index (χ0) is 10.4. The summed E-state index contributed by atoms with van der Waals surface area (Å²) in [5.74, 6) is 0.238. The number of hydrogen-bond donors (Lipinski definition) is 0. The van der Waals surface area contributed by atoms with Gasteiger partial charge in [-0.15, -0.1) is 0 Å². The van der Waals surface area contributed by atoms with Crippen LogP contribution >= 0.6 is 0 Å². The van der Waals surface area contributed by atoms with Crippen LogP contribution in [-0.2, 0) is 9.53 Å². The zero-order valence-electron chi connectivity index (χ0n) is 9.42. The standard InChI is InChI=1S/C12H22O2/c1-3-6-12(7-4-2)9-11(10-13)5-8-14-12/h10-11H,3-9H2,1-2H3. The lowest BCUT2D eigenvalue weighted by Crippen LogP contribution is -2.40. The Kier molecular flexibility index (Phi) is 4.59. The van der Waals surface area contributed by atoms with E-state index >= 15 is 0 Å². The topological polar surface area (TPSA) is 26.3 Å². The number of ether oxygens (including phenoxy) is 1. The summed E-state index contributed by atoms with van der Waals surface area (Å²) in [5.41, 5.74) is 0.0212. The summed E-state index contributed by atoms with van der Waals surface area (Å²) in [4.78, 5) is 10.8. The van der Waals surface area contributed by atoms with Crippen molar-refractivity contribution in [2.24, 2.45) is 5.92 Å². The molecule has 0 amide bonds. The van der Waals surface area contributed by atoms with Crippen molar-refractivity contribution in [3.63, 3.8) is 0 Å². The highest BCUT2D eigenvalue weighted by molar-refractivity contribution is 5.53. The molecule has 1 fully saturated rings. The molecule has 0 radical (unpaired) electrons. The van der Waals surface area contributed by atoms with E-state index < -0.39 is 0 Å². The lowest BCUT2D eigenvalue weighted by atomic mass is 9.81. The fourth-order valence-electron chi connectivity index (χ4n) is 2.57. The van der Waals surface area contributed by atoms with Crippen LogP contribution in [0, 0.1) is 5.92 Å². The summed E-state index contributed by atoms with van der Waals surface area (Å²) in [6.07, 6.45) is 7.47. The molecule has 2 heteroatoms. The Labute approximate surface area is 87.0 Å². The first kappa shape index (κ1) is 11.7. The van der Waals surface area contributed by atoms with Gasteiger partial charge in [0.25, 0.3) is 0 Å². The molecule has 2 nitrogen and oxygen atoms in total. The summed E-state index contributed by atoms with van der Waals surface area (Å²) in [6, 6.07) is 0. The molecule has 0 aromatic rings. The molecule has 0 aliphatic carbocycles. The lowest BCUT2D eigenvalue weighted by molar-refractivity contribution is -0.130. The number of hydrogen-bond acceptors (Lipinski definition) is 2. The van der Waals surface area contributed by atoms with Crippen molar-refractivity contribution in [3.05, 3.63) is 0 Å². The van der Waals surface area contributed by atoms with Crippen molar-refractivity contribution in [1.82, 2.24) is 0 Å². The van der Waals surface area contributed by atoms with Crippen LogP contribution in [0.3, 0.4) is 0 Å². The molecule has 0 N–H and O–H groups in total. The van der Waals surface area contributed by atoms with E-state index in [2.05, 4.69) is 13.8 Å². The second kappa shape index (κ2) is 5.50. The minimum Gasteiger partial charge on any atom is -0.375 e. The number of rotatable bonds is 5. The van der Waals surface area contributed by atoms with Gasteiger partial charge in [-0.3, -0.25) is 0 Å². The molecule has 1 unspecified atom stereocenters. The Morgan fingerprint density at radius 3 is 2.50 bits per heavy atom. The molecule has 0 aromatic heterocycles. The molecule has 1 rings (SSSR count). The molecule has 14 heavy (non-hydrogen) atoms. The van der Waals surface area contributed by atoms with Crippen molar-refractivity contribution in [2.75, 3.05) is 6.61 Å². The van der Waals surface area contributed by atoms with Gasteiger partial charge in [0.1, 0.15) is 6.29 Å². The van der Waals surface area contributed by atoms with Gasteiger partial charge < -0.3 is 9.53 Å². The number of carbonyl (C=O) groups excluding carboxylic acids is 1. The first-order valence-corrected chi connectivity index (χ1v) is 5.85. The van der Waals surface area contributed by atoms with Gasteiger partial charge in [0, 0.05) is 12.5 Å². The fourth-order valence-corrected chi connectivity index (χ4v) is 2.57. The molecule has 0 spiro atoms. The van der Waals surface area contributed by atoms with Crippen LogP contribution in [-0.4, -0.2) is 18.5 Å². The third-order valence-corrected chi connectivity index (χ3v) is 3.13. The van der Waals surface area contributed by atoms with Crippen LogP contribution in [0.15, 0.2) is 0 Å². The van der Waals surface area contributed by atoms with Gasteiger partial charge in [-0.05, 0) is 25.7 Å². The van der Waals surface area contributed by atoms with Gasteiger partial charge in [-0.2, -0.15) is 0 Å². The maximum atomic E-state index is 10.8. The summed E-state index contributed by atoms with van der Waals surface area (Å²) in [6.45, 7) is 5.14. The predicted molar refractivity (Wildman–Crippen MR) is 57.3 cm³/mol. The smallest absolute Gasteiger partial charge is 0.123 e. The number of carbonyl (C=O) groups is 1. The highest BCUT2D eigenvalue weighted by atomic mass is 16.5. The fraction of sp³-hybridized carbons (Fsp3) is 0.917. The largest absolute Gasteiger partial charge is 0.375 e. The molecule has 1 heterocycles. The van der Waals surface area contributed by atoms with Crippen molar-refractivity contribution in [2.45, 2.75) is 58.0 Å². The van der Waals surface area contributed by atoms with Gasteiger partial charge in [0.15, 0.2) is 0 Å². The Morgan fingerprint density at radius 2 is 2.00 bits per heavy atom. The Balaban J connectivity index is 2.59. The van der Waals surface area contributed by atoms with Crippen LogP contribution in [0.1, 0.15) is 52.4 Å².